The lowest BCUT2D eigenvalue weighted by molar-refractivity contribution is 0.111. The van der Waals surface area contributed by atoms with E-state index in [1.54, 1.807) is 6.07 Å². The number of aliphatic hydroxyl groups is 1. The summed E-state index contributed by atoms with van der Waals surface area (Å²) in [6, 6.07) is 5.48. The first-order valence-electron chi connectivity index (χ1n) is 5.08. The molecule has 0 unspecified atom stereocenters. The van der Waals surface area contributed by atoms with Gasteiger partial charge in [-0.3, -0.25) is 4.79 Å². The Morgan fingerprint density at radius 3 is 2.87 bits per heavy atom. The summed E-state index contributed by atoms with van der Waals surface area (Å²) in [7, 11) is 0. The number of carbonyl (C=O) groups is 1. The van der Waals surface area contributed by atoms with Crippen molar-refractivity contribution < 1.29 is 14.6 Å². The van der Waals surface area contributed by atoms with Crippen LogP contribution < -0.4 is 4.74 Å². The highest BCUT2D eigenvalue weighted by atomic mass is 16.5. The minimum Gasteiger partial charge on any atom is -0.493 e. The number of aldehydes is 1. The van der Waals surface area contributed by atoms with Crippen LogP contribution >= 0.6 is 0 Å². The molecular weight excluding hydrogens is 192 g/mol. The number of hydrogen-bond donors (Lipinski definition) is 1. The van der Waals surface area contributed by atoms with E-state index in [-0.39, 0.29) is 6.61 Å². The SMILES string of the molecule is Cc1cccc(C=O)c1OCCCCO. The fraction of sp³-hybridized carbons (Fsp3) is 0.417. The van der Waals surface area contributed by atoms with E-state index in [2.05, 4.69) is 0 Å². The molecule has 0 fully saturated rings. The molecule has 1 aromatic carbocycles. The van der Waals surface area contributed by atoms with E-state index in [9.17, 15) is 4.79 Å². The summed E-state index contributed by atoms with van der Waals surface area (Å²) < 4.78 is 5.52. The van der Waals surface area contributed by atoms with Crippen molar-refractivity contribution in [2.75, 3.05) is 13.2 Å². The predicted octanol–water partition coefficient (Wildman–Crippen LogP) is 1.96. The lowest BCUT2D eigenvalue weighted by atomic mass is 10.1. The summed E-state index contributed by atoms with van der Waals surface area (Å²) in [6.07, 6.45) is 2.32. The molecule has 0 spiro atoms. The van der Waals surface area contributed by atoms with Gasteiger partial charge in [0.15, 0.2) is 6.29 Å². The van der Waals surface area contributed by atoms with Crippen LogP contribution in [0.4, 0.5) is 0 Å². The fourth-order valence-corrected chi connectivity index (χ4v) is 1.35. The molecule has 3 nitrogen and oxygen atoms in total. The molecule has 0 atom stereocenters. The smallest absolute Gasteiger partial charge is 0.153 e. The van der Waals surface area contributed by atoms with Crippen LogP contribution in [0, 0.1) is 6.92 Å². The van der Waals surface area contributed by atoms with Gasteiger partial charge in [0.25, 0.3) is 0 Å². The monoisotopic (exact) mass is 208 g/mol. The van der Waals surface area contributed by atoms with Crippen LogP contribution in [0.1, 0.15) is 28.8 Å². The van der Waals surface area contributed by atoms with E-state index < -0.39 is 0 Å². The maximum atomic E-state index is 10.7. The Kier molecular flexibility index (Phi) is 4.84. The molecule has 1 rings (SSSR count). The molecule has 0 saturated heterocycles. The van der Waals surface area contributed by atoms with Crippen LogP contribution in [0.5, 0.6) is 5.75 Å². The number of carbonyl (C=O) groups excluding carboxylic acids is 1. The van der Waals surface area contributed by atoms with Crippen molar-refractivity contribution in [3.63, 3.8) is 0 Å². The van der Waals surface area contributed by atoms with Gasteiger partial charge in [0.05, 0.1) is 12.2 Å². The van der Waals surface area contributed by atoms with Gasteiger partial charge in [-0.15, -0.1) is 0 Å². The van der Waals surface area contributed by atoms with E-state index in [1.807, 2.05) is 19.1 Å². The van der Waals surface area contributed by atoms with Crippen LogP contribution in [0.15, 0.2) is 18.2 Å². The molecule has 0 aliphatic carbocycles. The second kappa shape index (κ2) is 6.19. The van der Waals surface area contributed by atoms with E-state index in [1.165, 1.54) is 0 Å². The minimum atomic E-state index is 0.178. The molecule has 15 heavy (non-hydrogen) atoms. The number of aliphatic hydroxyl groups excluding tert-OH is 1. The second-order valence-electron chi connectivity index (χ2n) is 3.39. The average molecular weight is 208 g/mol. The molecule has 1 aromatic rings. The van der Waals surface area contributed by atoms with Gasteiger partial charge >= 0.3 is 0 Å². The average Bonchev–Trinajstić information content (AvgIpc) is 2.26. The first-order chi connectivity index (χ1) is 7.29. The predicted molar refractivity (Wildman–Crippen MR) is 58.4 cm³/mol. The van der Waals surface area contributed by atoms with Crippen LogP contribution in [-0.2, 0) is 0 Å². The second-order valence-corrected chi connectivity index (χ2v) is 3.39. The molecule has 0 aromatic heterocycles. The highest BCUT2D eigenvalue weighted by Crippen LogP contribution is 2.21. The zero-order valence-electron chi connectivity index (χ0n) is 8.90. The molecule has 0 bridgehead atoms. The van der Waals surface area contributed by atoms with Gasteiger partial charge in [0, 0.05) is 6.61 Å². The molecule has 0 heterocycles. The maximum Gasteiger partial charge on any atom is 0.153 e. The summed E-state index contributed by atoms with van der Waals surface area (Å²) in [5.74, 6) is 0.658. The molecular formula is C12H16O3. The Morgan fingerprint density at radius 1 is 1.40 bits per heavy atom. The summed E-state index contributed by atoms with van der Waals surface area (Å²) in [4.78, 5) is 10.7. The number of aryl methyl sites for hydroxylation is 1. The first-order valence-corrected chi connectivity index (χ1v) is 5.08. The standard InChI is InChI=1S/C12H16O3/c1-10-5-4-6-11(9-14)12(10)15-8-3-2-7-13/h4-6,9,13H,2-3,7-8H2,1H3. The van der Waals surface area contributed by atoms with E-state index in [4.69, 9.17) is 9.84 Å². The van der Waals surface area contributed by atoms with Gasteiger partial charge < -0.3 is 9.84 Å². The maximum absolute atomic E-state index is 10.7. The van der Waals surface area contributed by atoms with E-state index in [0.29, 0.717) is 17.9 Å². The number of rotatable bonds is 6. The quantitative estimate of drug-likeness (QED) is 0.574. The molecule has 0 aliphatic rings. The Bertz CT molecular complexity index is 321. The highest BCUT2D eigenvalue weighted by Gasteiger charge is 2.05. The third kappa shape index (κ3) is 3.36. The van der Waals surface area contributed by atoms with Crippen molar-refractivity contribution in [1.29, 1.82) is 0 Å². The first kappa shape index (κ1) is 11.7. The number of para-hydroxylation sites is 1. The van der Waals surface area contributed by atoms with Gasteiger partial charge in [0.2, 0.25) is 0 Å². The summed E-state index contributed by atoms with van der Waals surface area (Å²) in [6.45, 7) is 2.62. The zero-order chi connectivity index (χ0) is 11.1. The summed E-state index contributed by atoms with van der Waals surface area (Å²) in [5, 5.41) is 8.61. The summed E-state index contributed by atoms with van der Waals surface area (Å²) >= 11 is 0. The minimum absolute atomic E-state index is 0.178. The van der Waals surface area contributed by atoms with E-state index in [0.717, 1.165) is 24.7 Å². The fourth-order valence-electron chi connectivity index (χ4n) is 1.35. The Morgan fingerprint density at radius 2 is 2.20 bits per heavy atom. The molecule has 0 amide bonds. The third-order valence-electron chi connectivity index (χ3n) is 2.17. The third-order valence-corrected chi connectivity index (χ3v) is 2.17. The molecule has 3 heteroatoms. The van der Waals surface area contributed by atoms with Crippen molar-refractivity contribution in [2.45, 2.75) is 19.8 Å². The topological polar surface area (TPSA) is 46.5 Å². The van der Waals surface area contributed by atoms with Crippen molar-refractivity contribution in [2.24, 2.45) is 0 Å². The van der Waals surface area contributed by atoms with Gasteiger partial charge in [0.1, 0.15) is 5.75 Å². The number of ether oxygens (including phenoxy) is 1. The zero-order valence-corrected chi connectivity index (χ0v) is 8.90. The van der Waals surface area contributed by atoms with Gasteiger partial charge in [-0.05, 0) is 31.4 Å². The largest absolute Gasteiger partial charge is 0.493 e. The molecule has 0 saturated carbocycles. The van der Waals surface area contributed by atoms with Gasteiger partial charge in [-0.1, -0.05) is 12.1 Å². The van der Waals surface area contributed by atoms with Crippen LogP contribution in [0.2, 0.25) is 0 Å². The lowest BCUT2D eigenvalue weighted by Crippen LogP contribution is -2.02. The molecule has 1 N–H and O–H groups in total. The van der Waals surface area contributed by atoms with E-state index >= 15 is 0 Å². The van der Waals surface area contributed by atoms with Gasteiger partial charge in [-0.2, -0.15) is 0 Å². The van der Waals surface area contributed by atoms with Crippen LogP contribution in [0.25, 0.3) is 0 Å². The lowest BCUT2D eigenvalue weighted by Gasteiger charge is -2.10. The molecule has 0 aliphatic heterocycles. The normalized spacial score (nSPS) is 10.0. The number of unbranched alkanes of at least 4 members (excludes halogenated alkanes) is 1. The molecule has 82 valence electrons. The van der Waals surface area contributed by atoms with Crippen molar-refractivity contribution in [3.05, 3.63) is 29.3 Å². The Labute approximate surface area is 89.7 Å². The van der Waals surface area contributed by atoms with Crippen molar-refractivity contribution in [1.82, 2.24) is 0 Å². The van der Waals surface area contributed by atoms with Crippen LogP contribution in [-0.4, -0.2) is 24.6 Å². The number of hydrogen-bond acceptors (Lipinski definition) is 3. The van der Waals surface area contributed by atoms with Crippen LogP contribution in [0.3, 0.4) is 0 Å². The van der Waals surface area contributed by atoms with Crippen molar-refractivity contribution in [3.8, 4) is 5.75 Å². The summed E-state index contributed by atoms with van der Waals surface area (Å²) in [5.41, 5.74) is 1.54. The Balaban J connectivity index is 2.62. The highest BCUT2D eigenvalue weighted by molar-refractivity contribution is 5.80. The molecule has 0 radical (unpaired) electrons. The van der Waals surface area contributed by atoms with Crippen molar-refractivity contribution >= 4 is 6.29 Å². The van der Waals surface area contributed by atoms with Gasteiger partial charge in [-0.25, -0.2) is 0 Å². The Hall–Kier alpha value is -1.35. The number of benzene rings is 1.